The van der Waals surface area contributed by atoms with Gasteiger partial charge >= 0.3 is 0 Å². The number of benzene rings is 1. The van der Waals surface area contributed by atoms with Crippen molar-refractivity contribution in [1.82, 2.24) is 24.8 Å². The number of nitrogens with zero attached hydrogens (tertiary/aromatic N) is 3. The number of aromatic nitrogens is 4. The SMILES string of the molecule is CC.Cc1nc2nccc(-c3cc4c(CN5CCOCC5)cccc4[nH]3)c2[nH]1. The third-order valence-corrected chi connectivity index (χ3v) is 5.05. The van der Waals surface area contributed by atoms with E-state index in [4.69, 9.17) is 4.74 Å². The number of ether oxygens (including phenoxy) is 1. The largest absolute Gasteiger partial charge is 0.379 e. The molecule has 1 saturated heterocycles. The molecule has 1 fully saturated rings. The van der Waals surface area contributed by atoms with Gasteiger partial charge in [-0.25, -0.2) is 9.97 Å². The number of fused-ring (bicyclic) bond motifs is 2. The van der Waals surface area contributed by atoms with Gasteiger partial charge < -0.3 is 14.7 Å². The molecule has 0 atom stereocenters. The highest BCUT2D eigenvalue weighted by Gasteiger charge is 2.15. The maximum absolute atomic E-state index is 5.47. The van der Waals surface area contributed by atoms with Crippen LogP contribution in [0.5, 0.6) is 0 Å². The van der Waals surface area contributed by atoms with Gasteiger partial charge in [0, 0.05) is 48.0 Å². The smallest absolute Gasteiger partial charge is 0.178 e. The Morgan fingerprint density at radius 1 is 1.11 bits per heavy atom. The van der Waals surface area contributed by atoms with E-state index < -0.39 is 0 Å². The Morgan fingerprint density at radius 2 is 1.93 bits per heavy atom. The molecule has 1 aromatic carbocycles. The van der Waals surface area contributed by atoms with Gasteiger partial charge in [0.25, 0.3) is 0 Å². The fourth-order valence-corrected chi connectivity index (χ4v) is 3.75. The first-order chi connectivity index (χ1) is 13.8. The second-order valence-corrected chi connectivity index (χ2v) is 6.83. The number of aryl methyl sites for hydroxylation is 1. The summed E-state index contributed by atoms with van der Waals surface area (Å²) in [5.74, 6) is 0.879. The van der Waals surface area contributed by atoms with E-state index in [0.717, 1.165) is 66.6 Å². The van der Waals surface area contributed by atoms with Crippen LogP contribution in [-0.4, -0.2) is 51.1 Å². The molecule has 3 aromatic heterocycles. The Balaban J connectivity index is 0.000000932. The van der Waals surface area contributed by atoms with Crippen molar-refractivity contribution in [3.63, 3.8) is 0 Å². The predicted octanol–water partition coefficient (Wildman–Crippen LogP) is 4.27. The Labute approximate surface area is 165 Å². The Hall–Kier alpha value is -2.70. The van der Waals surface area contributed by atoms with E-state index in [1.807, 2.05) is 33.0 Å². The molecule has 0 amide bonds. The van der Waals surface area contributed by atoms with Gasteiger partial charge in [-0.3, -0.25) is 4.90 Å². The first-order valence-electron chi connectivity index (χ1n) is 10.0. The van der Waals surface area contributed by atoms with Crippen LogP contribution >= 0.6 is 0 Å². The van der Waals surface area contributed by atoms with Crippen molar-refractivity contribution < 1.29 is 4.74 Å². The topological polar surface area (TPSA) is 69.8 Å². The van der Waals surface area contributed by atoms with Crippen LogP contribution in [0.3, 0.4) is 0 Å². The van der Waals surface area contributed by atoms with Crippen LogP contribution in [0.1, 0.15) is 25.2 Å². The molecule has 0 bridgehead atoms. The van der Waals surface area contributed by atoms with Crippen LogP contribution < -0.4 is 0 Å². The molecule has 0 aliphatic carbocycles. The number of pyridine rings is 1. The maximum Gasteiger partial charge on any atom is 0.178 e. The molecule has 2 N–H and O–H groups in total. The molecule has 0 unspecified atom stereocenters. The van der Waals surface area contributed by atoms with E-state index in [1.165, 1.54) is 10.9 Å². The molecule has 0 spiro atoms. The van der Waals surface area contributed by atoms with Crippen molar-refractivity contribution in [1.29, 1.82) is 0 Å². The second-order valence-electron chi connectivity index (χ2n) is 6.83. The molecular weight excluding hydrogens is 350 g/mol. The van der Waals surface area contributed by atoms with Crippen LogP contribution in [0.4, 0.5) is 0 Å². The molecule has 6 nitrogen and oxygen atoms in total. The highest BCUT2D eigenvalue weighted by atomic mass is 16.5. The van der Waals surface area contributed by atoms with Crippen molar-refractivity contribution >= 4 is 22.1 Å². The van der Waals surface area contributed by atoms with Crippen molar-refractivity contribution in [3.8, 4) is 11.3 Å². The molecule has 1 aliphatic rings. The van der Waals surface area contributed by atoms with E-state index in [2.05, 4.69) is 49.1 Å². The molecule has 1 aliphatic heterocycles. The first kappa shape index (κ1) is 18.7. The highest BCUT2D eigenvalue weighted by Crippen LogP contribution is 2.30. The lowest BCUT2D eigenvalue weighted by atomic mass is 10.1. The zero-order valence-corrected chi connectivity index (χ0v) is 16.7. The minimum absolute atomic E-state index is 0.757. The van der Waals surface area contributed by atoms with Gasteiger partial charge in [-0.2, -0.15) is 0 Å². The van der Waals surface area contributed by atoms with Crippen molar-refractivity contribution in [2.24, 2.45) is 0 Å². The van der Waals surface area contributed by atoms with E-state index in [1.54, 1.807) is 0 Å². The number of nitrogens with one attached hydrogen (secondary N) is 2. The van der Waals surface area contributed by atoms with Crippen molar-refractivity contribution in [2.45, 2.75) is 27.3 Å². The fourth-order valence-electron chi connectivity index (χ4n) is 3.75. The van der Waals surface area contributed by atoms with E-state index in [-0.39, 0.29) is 0 Å². The summed E-state index contributed by atoms with van der Waals surface area (Å²) >= 11 is 0. The number of rotatable bonds is 3. The van der Waals surface area contributed by atoms with Crippen molar-refractivity contribution in [2.75, 3.05) is 26.3 Å². The van der Waals surface area contributed by atoms with Gasteiger partial charge in [0.1, 0.15) is 5.82 Å². The molecule has 6 heteroatoms. The summed E-state index contributed by atoms with van der Waals surface area (Å²) in [4.78, 5) is 18.2. The zero-order chi connectivity index (χ0) is 19.5. The lowest BCUT2D eigenvalue weighted by Gasteiger charge is -2.26. The fraction of sp³-hybridized carbons (Fsp3) is 0.364. The quantitative estimate of drug-likeness (QED) is 0.559. The van der Waals surface area contributed by atoms with Crippen LogP contribution in [0.2, 0.25) is 0 Å². The molecule has 0 saturated carbocycles. The maximum atomic E-state index is 5.47. The molecular formula is C22H27N5O. The second kappa shape index (κ2) is 8.12. The lowest BCUT2D eigenvalue weighted by molar-refractivity contribution is 0.0344. The van der Waals surface area contributed by atoms with E-state index in [9.17, 15) is 0 Å². The third-order valence-electron chi connectivity index (χ3n) is 5.05. The summed E-state index contributed by atoms with van der Waals surface area (Å²) in [7, 11) is 0. The molecule has 4 heterocycles. The Morgan fingerprint density at radius 3 is 2.75 bits per heavy atom. The molecule has 146 valence electrons. The minimum Gasteiger partial charge on any atom is -0.379 e. The summed E-state index contributed by atoms with van der Waals surface area (Å²) < 4.78 is 5.47. The van der Waals surface area contributed by atoms with Gasteiger partial charge in [0.05, 0.1) is 18.7 Å². The normalized spacial score (nSPS) is 15.0. The summed E-state index contributed by atoms with van der Waals surface area (Å²) in [5.41, 5.74) is 6.43. The lowest BCUT2D eigenvalue weighted by Crippen LogP contribution is -2.35. The van der Waals surface area contributed by atoms with Crippen LogP contribution in [0.25, 0.3) is 33.3 Å². The monoisotopic (exact) mass is 377 g/mol. The van der Waals surface area contributed by atoms with Crippen LogP contribution in [-0.2, 0) is 11.3 Å². The first-order valence-corrected chi connectivity index (χ1v) is 10.0. The summed E-state index contributed by atoms with van der Waals surface area (Å²) in [6.45, 7) is 10.5. The molecule has 0 radical (unpaired) electrons. The number of aromatic amines is 2. The minimum atomic E-state index is 0.757. The van der Waals surface area contributed by atoms with Gasteiger partial charge in [-0.05, 0) is 30.7 Å². The third kappa shape index (κ3) is 3.53. The molecule has 4 aromatic rings. The van der Waals surface area contributed by atoms with Crippen molar-refractivity contribution in [3.05, 3.63) is 47.9 Å². The predicted molar refractivity (Wildman–Crippen MR) is 113 cm³/mol. The summed E-state index contributed by atoms with van der Waals surface area (Å²) in [5, 5.41) is 1.27. The van der Waals surface area contributed by atoms with Crippen LogP contribution in [0, 0.1) is 6.92 Å². The summed E-state index contributed by atoms with van der Waals surface area (Å²) in [6.07, 6.45) is 1.82. The summed E-state index contributed by atoms with van der Waals surface area (Å²) in [6, 6.07) is 10.8. The van der Waals surface area contributed by atoms with E-state index >= 15 is 0 Å². The number of hydrogen-bond donors (Lipinski definition) is 2. The highest BCUT2D eigenvalue weighted by molar-refractivity contribution is 5.94. The van der Waals surface area contributed by atoms with Crippen LogP contribution in [0.15, 0.2) is 36.5 Å². The zero-order valence-electron chi connectivity index (χ0n) is 16.7. The Kier molecular flexibility index (Phi) is 5.41. The van der Waals surface area contributed by atoms with Gasteiger partial charge in [0.15, 0.2) is 5.65 Å². The molecule has 28 heavy (non-hydrogen) atoms. The standard InChI is InChI=1S/C20H21N5O.C2H6/c1-13-22-19-15(5-6-21-20(19)23-13)18-11-16-14(3-2-4-17(16)24-18)12-25-7-9-26-10-8-25;1-2/h2-6,11,24H,7-10,12H2,1H3,(H,21,22,23);1-2H3. The molecule has 5 rings (SSSR count). The van der Waals surface area contributed by atoms with Gasteiger partial charge in [-0.1, -0.05) is 26.0 Å². The number of hydrogen-bond acceptors (Lipinski definition) is 4. The number of H-pyrrole nitrogens is 2. The van der Waals surface area contributed by atoms with Gasteiger partial charge in [-0.15, -0.1) is 0 Å². The Bertz CT molecular complexity index is 1080. The van der Waals surface area contributed by atoms with Gasteiger partial charge in [0.2, 0.25) is 0 Å². The number of imidazole rings is 1. The number of morpholine rings is 1. The van der Waals surface area contributed by atoms with E-state index in [0.29, 0.717) is 0 Å². The average Bonchev–Trinajstić information content (AvgIpc) is 3.33. The average molecular weight is 377 g/mol.